The summed E-state index contributed by atoms with van der Waals surface area (Å²) in [5.41, 5.74) is 4.63. The van der Waals surface area contributed by atoms with Gasteiger partial charge in [0.15, 0.2) is 6.23 Å². The third-order valence-corrected chi connectivity index (χ3v) is 4.20. The predicted octanol–water partition coefficient (Wildman–Crippen LogP) is 3.33. The van der Waals surface area contributed by atoms with Crippen LogP contribution in [0.3, 0.4) is 0 Å². The third-order valence-electron chi connectivity index (χ3n) is 2.65. The number of nitrogens with one attached hydrogen (secondary N) is 1. The molecule has 22 heavy (non-hydrogen) atoms. The molecule has 0 saturated carbocycles. The Bertz CT molecular complexity index is 662. The van der Waals surface area contributed by atoms with Gasteiger partial charge in [0.2, 0.25) is 0 Å². The first-order valence-corrected chi connectivity index (χ1v) is 7.26. The van der Waals surface area contributed by atoms with Crippen molar-refractivity contribution in [1.82, 2.24) is 9.97 Å². The van der Waals surface area contributed by atoms with Crippen molar-refractivity contribution in [1.29, 1.82) is 0 Å². The molecule has 1 unspecified atom stereocenters. The Kier molecular flexibility index (Phi) is 4.90. The molecule has 0 spiro atoms. The van der Waals surface area contributed by atoms with Gasteiger partial charge in [-0.3, -0.25) is 0 Å². The van der Waals surface area contributed by atoms with E-state index in [0.717, 1.165) is 23.6 Å². The molecule has 2 aromatic heterocycles. The number of nitrogens with two attached hydrogens (primary N) is 1. The number of aliphatic hydroxyl groups is 1. The fourth-order valence-electron chi connectivity index (χ4n) is 1.58. The normalized spacial score (nSPS) is 14.7. The van der Waals surface area contributed by atoms with Crippen molar-refractivity contribution in [3.63, 3.8) is 0 Å². The smallest absolute Gasteiger partial charge is 0.369 e. The maximum Gasteiger partial charge on any atom is 0.418 e. The molecule has 0 amide bonds. The van der Waals surface area contributed by atoms with E-state index in [1.54, 1.807) is 6.92 Å². The lowest BCUT2D eigenvalue weighted by molar-refractivity contribution is -0.137. The molecule has 0 radical (unpaired) electrons. The molecule has 10 heteroatoms. The summed E-state index contributed by atoms with van der Waals surface area (Å²) in [5, 5.41) is 12.6. The molecule has 0 bridgehead atoms. The van der Waals surface area contributed by atoms with Crippen molar-refractivity contribution in [2.75, 3.05) is 5.32 Å². The minimum absolute atomic E-state index is 0.153. The van der Waals surface area contributed by atoms with E-state index in [2.05, 4.69) is 15.3 Å². The Balaban J connectivity index is 2.19. The molecular weight excluding hydrogens is 341 g/mol. The van der Waals surface area contributed by atoms with Crippen LogP contribution in [0.4, 0.5) is 19.0 Å². The highest BCUT2D eigenvalue weighted by Gasteiger charge is 2.34. The number of hydrogen-bond acceptors (Lipinski definition) is 6. The Hall–Kier alpha value is -1.42. The number of pyridine rings is 1. The van der Waals surface area contributed by atoms with E-state index in [9.17, 15) is 18.3 Å². The van der Waals surface area contributed by atoms with Crippen LogP contribution in [0.2, 0.25) is 5.02 Å². The average Bonchev–Trinajstić information content (AvgIpc) is 2.89. The highest BCUT2D eigenvalue weighted by Crippen LogP contribution is 2.36. The van der Waals surface area contributed by atoms with Gasteiger partial charge in [-0.2, -0.15) is 13.2 Å². The summed E-state index contributed by atoms with van der Waals surface area (Å²) in [6.45, 7) is 1.73. The van der Waals surface area contributed by atoms with Crippen LogP contribution in [0.1, 0.15) is 34.6 Å². The molecule has 0 aliphatic carbocycles. The molecule has 0 aliphatic heterocycles. The number of halogens is 4. The van der Waals surface area contributed by atoms with Crippen LogP contribution < -0.4 is 11.1 Å². The molecule has 2 aromatic rings. The number of rotatable bonds is 4. The Morgan fingerprint density at radius 1 is 1.36 bits per heavy atom. The van der Waals surface area contributed by atoms with Gasteiger partial charge in [0.1, 0.15) is 10.8 Å². The van der Waals surface area contributed by atoms with Gasteiger partial charge in [-0.25, -0.2) is 9.97 Å². The fraction of sp³-hybridized carbons (Fsp3) is 0.333. The predicted molar refractivity (Wildman–Crippen MR) is 77.5 cm³/mol. The number of anilines is 1. The van der Waals surface area contributed by atoms with Crippen LogP contribution >= 0.6 is 22.9 Å². The Morgan fingerprint density at radius 2 is 2.05 bits per heavy atom. The molecule has 0 fully saturated rings. The molecule has 0 aromatic carbocycles. The number of nitrogens with zero attached hydrogens (tertiary/aromatic N) is 2. The van der Waals surface area contributed by atoms with Crippen LogP contribution in [0.25, 0.3) is 0 Å². The van der Waals surface area contributed by atoms with Crippen molar-refractivity contribution in [3.05, 3.63) is 38.9 Å². The maximum atomic E-state index is 12.8. The molecule has 0 aliphatic rings. The lowest BCUT2D eigenvalue weighted by Gasteiger charge is -2.14. The van der Waals surface area contributed by atoms with E-state index in [-0.39, 0.29) is 11.9 Å². The molecule has 0 saturated heterocycles. The highest BCUT2D eigenvalue weighted by molar-refractivity contribution is 7.11. The zero-order valence-electron chi connectivity index (χ0n) is 11.2. The van der Waals surface area contributed by atoms with Gasteiger partial charge >= 0.3 is 6.18 Å². The summed E-state index contributed by atoms with van der Waals surface area (Å²) in [4.78, 5) is 8.15. The number of hydrogen-bond donors (Lipinski definition) is 3. The van der Waals surface area contributed by atoms with Gasteiger partial charge in [0.25, 0.3) is 0 Å². The first-order chi connectivity index (χ1) is 10.2. The number of alkyl halides is 3. The first kappa shape index (κ1) is 16.9. The number of aliphatic hydroxyl groups excluding tert-OH is 1. The first-order valence-electron chi connectivity index (χ1n) is 6.07. The molecule has 2 atom stereocenters. The van der Waals surface area contributed by atoms with E-state index >= 15 is 0 Å². The van der Waals surface area contributed by atoms with Gasteiger partial charge in [0.05, 0.1) is 21.5 Å². The Morgan fingerprint density at radius 3 is 2.59 bits per heavy atom. The minimum Gasteiger partial charge on any atom is -0.369 e. The third kappa shape index (κ3) is 3.86. The average molecular weight is 353 g/mol. The standard InChI is InChI=1S/C12H12ClF3N4OS/c1-5(17)11-19-4-8(22-11)10(21)20-9-2-6(12(14,15)16)7(13)3-18-9/h2-5,10,21H,17H2,1H3,(H,18,20)/t5-,10?/m1/s1. The SMILES string of the molecule is C[C@@H](N)c1ncc(C(O)Nc2cc(C(F)(F)F)c(Cl)cn2)s1. The summed E-state index contributed by atoms with van der Waals surface area (Å²) < 4.78 is 38.3. The molecule has 4 N–H and O–H groups in total. The quantitative estimate of drug-likeness (QED) is 0.735. The lowest BCUT2D eigenvalue weighted by atomic mass is 10.2. The largest absolute Gasteiger partial charge is 0.418 e. The summed E-state index contributed by atoms with van der Waals surface area (Å²) in [6, 6.07) is 0.440. The van der Waals surface area contributed by atoms with Crippen molar-refractivity contribution < 1.29 is 18.3 Å². The summed E-state index contributed by atoms with van der Waals surface area (Å²) in [6.07, 6.45) is -3.57. The minimum atomic E-state index is -4.60. The molecule has 120 valence electrons. The maximum absolute atomic E-state index is 12.8. The second kappa shape index (κ2) is 6.37. The topological polar surface area (TPSA) is 84.1 Å². The van der Waals surface area contributed by atoms with Crippen LogP contribution in [-0.4, -0.2) is 15.1 Å². The van der Waals surface area contributed by atoms with Gasteiger partial charge in [-0.1, -0.05) is 11.6 Å². The molecule has 5 nitrogen and oxygen atoms in total. The molecule has 2 rings (SSSR count). The fourth-order valence-corrected chi connectivity index (χ4v) is 2.60. The van der Waals surface area contributed by atoms with Gasteiger partial charge in [-0.15, -0.1) is 11.3 Å². The van der Waals surface area contributed by atoms with Crippen molar-refractivity contribution in [3.8, 4) is 0 Å². The van der Waals surface area contributed by atoms with Crippen LogP contribution in [0.5, 0.6) is 0 Å². The van der Waals surface area contributed by atoms with E-state index in [1.807, 2.05) is 0 Å². The number of thiazole rings is 1. The van der Waals surface area contributed by atoms with Gasteiger partial charge in [-0.05, 0) is 13.0 Å². The zero-order valence-corrected chi connectivity index (χ0v) is 12.8. The van der Waals surface area contributed by atoms with Crippen molar-refractivity contribution >= 4 is 28.8 Å². The molecular formula is C12H12ClF3N4OS. The van der Waals surface area contributed by atoms with E-state index in [4.69, 9.17) is 17.3 Å². The summed E-state index contributed by atoms with van der Waals surface area (Å²) >= 11 is 6.63. The van der Waals surface area contributed by atoms with Crippen molar-refractivity contribution in [2.24, 2.45) is 5.73 Å². The van der Waals surface area contributed by atoms with Crippen molar-refractivity contribution in [2.45, 2.75) is 25.4 Å². The summed E-state index contributed by atoms with van der Waals surface area (Å²) in [5.74, 6) is -0.153. The second-order valence-corrected chi connectivity index (χ2v) is 5.98. The van der Waals surface area contributed by atoms with E-state index in [1.165, 1.54) is 6.20 Å². The summed E-state index contributed by atoms with van der Waals surface area (Å²) in [7, 11) is 0. The zero-order chi connectivity index (χ0) is 16.5. The van der Waals surface area contributed by atoms with E-state index in [0.29, 0.717) is 9.88 Å². The van der Waals surface area contributed by atoms with Gasteiger partial charge in [0, 0.05) is 12.4 Å². The second-order valence-electron chi connectivity index (χ2n) is 4.48. The molecule has 2 heterocycles. The van der Waals surface area contributed by atoms with Gasteiger partial charge < -0.3 is 16.2 Å². The monoisotopic (exact) mass is 352 g/mol. The number of aromatic nitrogens is 2. The van der Waals surface area contributed by atoms with Crippen LogP contribution in [0, 0.1) is 0 Å². The van der Waals surface area contributed by atoms with Crippen LogP contribution in [-0.2, 0) is 6.18 Å². The van der Waals surface area contributed by atoms with Crippen LogP contribution in [0.15, 0.2) is 18.5 Å². The Labute approximate surface area is 133 Å². The highest BCUT2D eigenvalue weighted by atomic mass is 35.5. The lowest BCUT2D eigenvalue weighted by Crippen LogP contribution is -2.12. The van der Waals surface area contributed by atoms with E-state index < -0.39 is 23.0 Å².